The van der Waals surface area contributed by atoms with E-state index in [1.54, 1.807) is 0 Å². The van der Waals surface area contributed by atoms with Crippen LogP contribution in [0, 0.1) is 5.82 Å². The maximum atomic E-state index is 13.0. The van der Waals surface area contributed by atoms with Gasteiger partial charge in [0.2, 0.25) is 0 Å². The second-order valence-corrected chi connectivity index (χ2v) is 4.32. The fourth-order valence-electron chi connectivity index (χ4n) is 1.67. The number of carboxylic acid groups (broad SMARTS) is 1. The van der Waals surface area contributed by atoms with Crippen molar-refractivity contribution < 1.29 is 14.3 Å². The lowest BCUT2D eigenvalue weighted by Gasteiger charge is -2.06. The zero-order chi connectivity index (χ0) is 14.0. The van der Waals surface area contributed by atoms with Gasteiger partial charge in [0.05, 0.1) is 10.7 Å². The van der Waals surface area contributed by atoms with E-state index in [1.807, 2.05) is 6.92 Å². The molecular weight excluding hydrogens is 273 g/mol. The second kappa shape index (κ2) is 5.36. The monoisotopic (exact) mass is 283 g/mol. The van der Waals surface area contributed by atoms with Gasteiger partial charge in [0, 0.05) is 6.42 Å². The number of hydrogen-bond acceptors (Lipinski definition) is 3. The molecule has 5 nitrogen and oxygen atoms in total. The highest BCUT2D eigenvalue weighted by Crippen LogP contribution is 2.22. The van der Waals surface area contributed by atoms with Crippen LogP contribution in [0.15, 0.2) is 18.2 Å². The van der Waals surface area contributed by atoms with Crippen molar-refractivity contribution in [2.75, 3.05) is 0 Å². The number of halogens is 2. The molecular formula is C12H11ClFN3O2. The van der Waals surface area contributed by atoms with Gasteiger partial charge in [-0.25, -0.2) is 18.9 Å². The first-order chi connectivity index (χ1) is 9.02. The number of aryl methyl sites for hydroxylation is 1. The van der Waals surface area contributed by atoms with Crippen LogP contribution in [0.5, 0.6) is 0 Å². The van der Waals surface area contributed by atoms with Crippen LogP contribution in [-0.2, 0) is 6.42 Å². The zero-order valence-electron chi connectivity index (χ0n) is 10.1. The summed E-state index contributed by atoms with van der Waals surface area (Å²) in [6, 6.07) is 3.82. The van der Waals surface area contributed by atoms with Crippen molar-refractivity contribution in [3.63, 3.8) is 0 Å². The average molecular weight is 284 g/mol. The summed E-state index contributed by atoms with van der Waals surface area (Å²) in [5, 5.41) is 13.0. The van der Waals surface area contributed by atoms with Gasteiger partial charge in [0.25, 0.3) is 5.82 Å². The quantitative estimate of drug-likeness (QED) is 0.937. The van der Waals surface area contributed by atoms with E-state index in [0.29, 0.717) is 17.9 Å². The maximum Gasteiger partial charge on any atom is 0.375 e. The Balaban J connectivity index is 2.56. The Kier molecular flexibility index (Phi) is 3.80. The van der Waals surface area contributed by atoms with E-state index in [0.717, 1.165) is 12.5 Å². The first-order valence-corrected chi connectivity index (χ1v) is 6.05. The Labute approximate surface area is 113 Å². The molecule has 0 spiro atoms. The molecule has 19 heavy (non-hydrogen) atoms. The van der Waals surface area contributed by atoms with Gasteiger partial charge in [-0.3, -0.25) is 0 Å². The van der Waals surface area contributed by atoms with E-state index in [1.165, 1.54) is 16.8 Å². The highest BCUT2D eigenvalue weighted by molar-refractivity contribution is 6.32. The lowest BCUT2D eigenvalue weighted by Crippen LogP contribution is -2.04. The predicted molar refractivity (Wildman–Crippen MR) is 67.3 cm³/mol. The standard InChI is InChI=1S/C12H11ClFN3O2/c1-2-3-10-15-11(12(18)19)16-17(10)9-5-4-7(14)6-8(9)13/h4-6H,2-3H2,1H3,(H,18,19). The topological polar surface area (TPSA) is 68.0 Å². The SMILES string of the molecule is CCCc1nc(C(=O)O)nn1-c1ccc(F)cc1Cl. The Morgan fingerprint density at radius 2 is 2.26 bits per heavy atom. The molecule has 0 saturated heterocycles. The number of rotatable bonds is 4. The van der Waals surface area contributed by atoms with Crippen molar-refractivity contribution in [1.82, 2.24) is 14.8 Å². The summed E-state index contributed by atoms with van der Waals surface area (Å²) >= 11 is 5.95. The predicted octanol–water partition coefficient (Wildman–Crippen LogP) is 2.71. The fraction of sp³-hybridized carbons (Fsp3) is 0.250. The van der Waals surface area contributed by atoms with Crippen LogP contribution in [0.3, 0.4) is 0 Å². The summed E-state index contributed by atoms with van der Waals surface area (Å²) in [6.07, 6.45) is 1.32. The Morgan fingerprint density at radius 1 is 1.53 bits per heavy atom. The highest BCUT2D eigenvalue weighted by atomic mass is 35.5. The van der Waals surface area contributed by atoms with Crippen LogP contribution in [0.25, 0.3) is 5.69 Å². The molecule has 0 radical (unpaired) electrons. The molecule has 1 heterocycles. The van der Waals surface area contributed by atoms with E-state index in [9.17, 15) is 9.18 Å². The van der Waals surface area contributed by atoms with Crippen molar-refractivity contribution in [2.24, 2.45) is 0 Å². The van der Waals surface area contributed by atoms with Crippen molar-refractivity contribution in [1.29, 1.82) is 0 Å². The number of aromatic carboxylic acids is 1. The third kappa shape index (κ3) is 2.73. The van der Waals surface area contributed by atoms with Crippen LogP contribution in [0.2, 0.25) is 5.02 Å². The van der Waals surface area contributed by atoms with Crippen LogP contribution < -0.4 is 0 Å². The summed E-state index contributed by atoms with van der Waals surface area (Å²) in [6.45, 7) is 1.94. The number of carbonyl (C=O) groups is 1. The fourth-order valence-corrected chi connectivity index (χ4v) is 1.91. The van der Waals surface area contributed by atoms with Gasteiger partial charge in [0.1, 0.15) is 11.6 Å². The van der Waals surface area contributed by atoms with E-state index in [-0.39, 0.29) is 10.8 Å². The molecule has 1 N–H and O–H groups in total. The van der Waals surface area contributed by atoms with Gasteiger partial charge < -0.3 is 5.11 Å². The maximum absolute atomic E-state index is 13.0. The van der Waals surface area contributed by atoms with Crippen molar-refractivity contribution in [3.05, 3.63) is 40.7 Å². The highest BCUT2D eigenvalue weighted by Gasteiger charge is 2.17. The lowest BCUT2D eigenvalue weighted by molar-refractivity contribution is 0.0683. The van der Waals surface area contributed by atoms with Gasteiger partial charge >= 0.3 is 5.97 Å². The van der Waals surface area contributed by atoms with Crippen molar-refractivity contribution in [3.8, 4) is 5.69 Å². The lowest BCUT2D eigenvalue weighted by atomic mass is 10.3. The normalized spacial score (nSPS) is 10.7. The molecule has 0 amide bonds. The Bertz CT molecular complexity index is 627. The molecule has 0 saturated carbocycles. The van der Waals surface area contributed by atoms with Crippen molar-refractivity contribution >= 4 is 17.6 Å². The summed E-state index contributed by atoms with van der Waals surface area (Å²) in [4.78, 5) is 14.8. The third-order valence-corrected chi connectivity index (χ3v) is 2.78. The molecule has 0 bridgehead atoms. The molecule has 7 heteroatoms. The minimum absolute atomic E-state index is 0.152. The second-order valence-electron chi connectivity index (χ2n) is 3.91. The van der Waals surface area contributed by atoms with E-state index >= 15 is 0 Å². The minimum atomic E-state index is -1.21. The average Bonchev–Trinajstić information content (AvgIpc) is 2.74. The van der Waals surface area contributed by atoms with Crippen molar-refractivity contribution in [2.45, 2.75) is 19.8 Å². The van der Waals surface area contributed by atoms with Gasteiger partial charge in [-0.05, 0) is 24.6 Å². The van der Waals surface area contributed by atoms with Gasteiger partial charge in [-0.15, -0.1) is 5.10 Å². The largest absolute Gasteiger partial charge is 0.475 e. The van der Waals surface area contributed by atoms with E-state index in [2.05, 4.69) is 10.1 Å². The molecule has 0 atom stereocenters. The van der Waals surface area contributed by atoms with E-state index in [4.69, 9.17) is 16.7 Å². The number of hydrogen-bond donors (Lipinski definition) is 1. The van der Waals surface area contributed by atoms with Crippen LogP contribution in [0.1, 0.15) is 29.8 Å². The molecule has 0 aliphatic carbocycles. The Hall–Kier alpha value is -1.95. The molecule has 100 valence electrons. The van der Waals surface area contributed by atoms with E-state index < -0.39 is 11.8 Å². The number of benzene rings is 1. The van der Waals surface area contributed by atoms with Gasteiger partial charge in [-0.2, -0.15) is 0 Å². The van der Waals surface area contributed by atoms with Crippen LogP contribution >= 0.6 is 11.6 Å². The minimum Gasteiger partial charge on any atom is -0.475 e. The number of aromatic nitrogens is 3. The molecule has 0 aliphatic heterocycles. The summed E-state index contributed by atoms with van der Waals surface area (Å²) in [5.74, 6) is -1.50. The molecule has 1 aromatic heterocycles. The van der Waals surface area contributed by atoms with Crippen LogP contribution in [-0.4, -0.2) is 25.8 Å². The molecule has 2 aromatic rings. The summed E-state index contributed by atoms with van der Waals surface area (Å²) in [7, 11) is 0. The smallest absolute Gasteiger partial charge is 0.375 e. The summed E-state index contributed by atoms with van der Waals surface area (Å²) in [5.41, 5.74) is 0.409. The van der Waals surface area contributed by atoms with Crippen LogP contribution in [0.4, 0.5) is 4.39 Å². The number of carboxylic acids is 1. The van der Waals surface area contributed by atoms with Gasteiger partial charge in [0.15, 0.2) is 0 Å². The third-order valence-electron chi connectivity index (χ3n) is 2.48. The first-order valence-electron chi connectivity index (χ1n) is 5.67. The van der Waals surface area contributed by atoms with Gasteiger partial charge in [-0.1, -0.05) is 18.5 Å². The zero-order valence-corrected chi connectivity index (χ0v) is 10.9. The molecule has 0 aliphatic rings. The molecule has 0 fully saturated rings. The first kappa shape index (κ1) is 13.5. The molecule has 0 unspecified atom stereocenters. The summed E-state index contributed by atoms with van der Waals surface area (Å²) < 4.78 is 14.4. The molecule has 2 rings (SSSR count). The Morgan fingerprint density at radius 3 is 2.84 bits per heavy atom. The molecule has 1 aromatic carbocycles. The number of nitrogens with zero attached hydrogens (tertiary/aromatic N) is 3.